The molecule has 0 bridgehead atoms. The Balaban J connectivity index is 2.20. The number of rotatable bonds is 2. The molecule has 0 spiro atoms. The average molecular weight is 237 g/mol. The summed E-state index contributed by atoms with van der Waals surface area (Å²) in [5.74, 6) is -1.15. The van der Waals surface area contributed by atoms with Crippen molar-refractivity contribution < 1.29 is 13.9 Å². The second-order valence-corrected chi connectivity index (χ2v) is 4.23. The molecular formula is C13H16FNO2. The fourth-order valence-corrected chi connectivity index (χ4v) is 2.16. The van der Waals surface area contributed by atoms with Gasteiger partial charge in [0.05, 0.1) is 12.7 Å². The molecule has 0 aromatic heterocycles. The van der Waals surface area contributed by atoms with Gasteiger partial charge in [-0.2, -0.15) is 0 Å². The minimum Gasteiger partial charge on any atom is -0.465 e. The largest absolute Gasteiger partial charge is 0.465 e. The number of esters is 1. The van der Waals surface area contributed by atoms with E-state index in [2.05, 4.69) is 10.1 Å². The van der Waals surface area contributed by atoms with Crippen molar-refractivity contribution in [3.05, 3.63) is 35.1 Å². The molecule has 92 valence electrons. The fourth-order valence-electron chi connectivity index (χ4n) is 2.16. The number of piperidine rings is 1. The normalized spacial score (nSPS) is 20.0. The SMILES string of the molecule is COC(=O)c1ccc(C2CCCCN2)cc1F. The van der Waals surface area contributed by atoms with Gasteiger partial charge in [0.1, 0.15) is 5.82 Å². The number of ether oxygens (including phenoxy) is 1. The molecule has 1 aliphatic rings. The van der Waals surface area contributed by atoms with Crippen molar-refractivity contribution >= 4 is 5.97 Å². The van der Waals surface area contributed by atoms with Gasteiger partial charge in [0, 0.05) is 6.04 Å². The highest BCUT2D eigenvalue weighted by Crippen LogP contribution is 2.24. The monoisotopic (exact) mass is 237 g/mol. The molecule has 17 heavy (non-hydrogen) atoms. The van der Waals surface area contributed by atoms with Gasteiger partial charge >= 0.3 is 5.97 Å². The van der Waals surface area contributed by atoms with E-state index in [4.69, 9.17) is 0 Å². The van der Waals surface area contributed by atoms with E-state index in [9.17, 15) is 9.18 Å². The first-order chi connectivity index (χ1) is 8.22. The lowest BCUT2D eigenvalue weighted by Gasteiger charge is -2.24. The van der Waals surface area contributed by atoms with Gasteiger partial charge in [-0.15, -0.1) is 0 Å². The molecule has 2 rings (SSSR count). The molecule has 0 aliphatic carbocycles. The number of carbonyl (C=O) groups is 1. The third kappa shape index (κ3) is 2.64. The minimum atomic E-state index is -0.634. The Morgan fingerprint density at radius 1 is 1.47 bits per heavy atom. The molecule has 1 unspecified atom stereocenters. The van der Waals surface area contributed by atoms with Gasteiger partial charge in [0.25, 0.3) is 0 Å². The van der Waals surface area contributed by atoms with Crippen LogP contribution in [-0.2, 0) is 4.74 Å². The van der Waals surface area contributed by atoms with Gasteiger partial charge in [0.2, 0.25) is 0 Å². The summed E-state index contributed by atoms with van der Waals surface area (Å²) in [6, 6.07) is 4.91. The number of halogens is 1. The molecule has 3 nitrogen and oxygen atoms in total. The Morgan fingerprint density at radius 3 is 2.88 bits per heavy atom. The van der Waals surface area contributed by atoms with Gasteiger partial charge in [0.15, 0.2) is 0 Å². The highest BCUT2D eigenvalue weighted by Gasteiger charge is 2.18. The molecule has 1 heterocycles. The molecule has 1 fully saturated rings. The number of hydrogen-bond acceptors (Lipinski definition) is 3. The van der Waals surface area contributed by atoms with Crippen LogP contribution in [-0.4, -0.2) is 19.6 Å². The van der Waals surface area contributed by atoms with Crippen molar-refractivity contribution in [2.45, 2.75) is 25.3 Å². The Labute approximate surface area is 100.0 Å². The lowest BCUT2D eigenvalue weighted by atomic mass is 9.96. The summed E-state index contributed by atoms with van der Waals surface area (Å²) < 4.78 is 18.2. The molecule has 0 saturated carbocycles. The highest BCUT2D eigenvalue weighted by molar-refractivity contribution is 5.89. The molecule has 1 aromatic rings. The first-order valence-electron chi connectivity index (χ1n) is 5.83. The zero-order valence-corrected chi connectivity index (χ0v) is 9.83. The molecule has 4 heteroatoms. The number of hydrogen-bond donors (Lipinski definition) is 1. The standard InChI is InChI=1S/C13H16FNO2/c1-17-13(16)10-6-5-9(8-11(10)14)12-4-2-3-7-15-12/h5-6,8,12,15H,2-4,7H2,1H3. The average Bonchev–Trinajstić information content (AvgIpc) is 2.39. The first kappa shape index (κ1) is 12.0. The van der Waals surface area contributed by atoms with Crippen molar-refractivity contribution in [2.75, 3.05) is 13.7 Å². The molecule has 1 atom stereocenters. The van der Waals surface area contributed by atoms with Crippen LogP contribution in [0.25, 0.3) is 0 Å². The zero-order chi connectivity index (χ0) is 12.3. The van der Waals surface area contributed by atoms with E-state index in [1.165, 1.54) is 25.7 Å². The van der Waals surface area contributed by atoms with Crippen LogP contribution in [0.3, 0.4) is 0 Å². The van der Waals surface area contributed by atoms with Crippen LogP contribution in [0.4, 0.5) is 4.39 Å². The third-order valence-electron chi connectivity index (χ3n) is 3.11. The van der Waals surface area contributed by atoms with Crippen molar-refractivity contribution in [2.24, 2.45) is 0 Å². The van der Waals surface area contributed by atoms with Crippen LogP contribution in [0.5, 0.6) is 0 Å². The quantitative estimate of drug-likeness (QED) is 0.803. The van der Waals surface area contributed by atoms with E-state index in [1.807, 2.05) is 0 Å². The summed E-state index contributed by atoms with van der Waals surface area (Å²) in [6.45, 7) is 0.963. The molecule has 1 saturated heterocycles. The zero-order valence-electron chi connectivity index (χ0n) is 9.83. The van der Waals surface area contributed by atoms with Crippen molar-refractivity contribution in [1.82, 2.24) is 5.32 Å². The highest BCUT2D eigenvalue weighted by atomic mass is 19.1. The Morgan fingerprint density at radius 2 is 2.29 bits per heavy atom. The second kappa shape index (κ2) is 5.27. The van der Waals surface area contributed by atoms with E-state index in [-0.39, 0.29) is 11.6 Å². The van der Waals surface area contributed by atoms with Gasteiger partial charge in [-0.05, 0) is 37.1 Å². The number of benzene rings is 1. The van der Waals surface area contributed by atoms with Crippen molar-refractivity contribution in [3.63, 3.8) is 0 Å². The van der Waals surface area contributed by atoms with Gasteiger partial charge in [-0.1, -0.05) is 12.5 Å². The third-order valence-corrected chi connectivity index (χ3v) is 3.11. The Hall–Kier alpha value is -1.42. The van der Waals surface area contributed by atoms with E-state index in [1.54, 1.807) is 6.07 Å². The summed E-state index contributed by atoms with van der Waals surface area (Å²) in [6.07, 6.45) is 3.33. The maximum atomic E-state index is 13.7. The topological polar surface area (TPSA) is 38.3 Å². The first-order valence-corrected chi connectivity index (χ1v) is 5.83. The predicted octanol–water partition coefficient (Wildman–Crippen LogP) is 2.43. The van der Waals surface area contributed by atoms with Crippen LogP contribution in [0.15, 0.2) is 18.2 Å². The summed E-state index contributed by atoms with van der Waals surface area (Å²) in [4.78, 5) is 11.2. The number of methoxy groups -OCH3 is 1. The minimum absolute atomic E-state index is 0.00735. The summed E-state index contributed by atoms with van der Waals surface area (Å²) in [5.41, 5.74) is 0.891. The number of carbonyl (C=O) groups excluding carboxylic acids is 1. The van der Waals surface area contributed by atoms with Crippen LogP contribution in [0.1, 0.15) is 41.2 Å². The smallest absolute Gasteiger partial charge is 0.340 e. The lowest BCUT2D eigenvalue weighted by molar-refractivity contribution is 0.0595. The van der Waals surface area contributed by atoms with E-state index in [0.29, 0.717) is 0 Å². The summed E-state index contributed by atoms with van der Waals surface area (Å²) >= 11 is 0. The summed E-state index contributed by atoms with van der Waals surface area (Å²) in [5, 5.41) is 3.34. The Bertz CT molecular complexity index is 414. The summed E-state index contributed by atoms with van der Waals surface area (Å²) in [7, 11) is 1.25. The van der Waals surface area contributed by atoms with Crippen LogP contribution < -0.4 is 5.32 Å². The molecule has 1 aromatic carbocycles. The Kier molecular flexibility index (Phi) is 3.74. The fraction of sp³-hybridized carbons (Fsp3) is 0.462. The second-order valence-electron chi connectivity index (χ2n) is 4.23. The molecular weight excluding hydrogens is 221 g/mol. The van der Waals surface area contributed by atoms with Gasteiger partial charge in [-0.25, -0.2) is 9.18 Å². The van der Waals surface area contributed by atoms with E-state index in [0.717, 1.165) is 24.9 Å². The molecule has 1 aliphatic heterocycles. The van der Waals surface area contributed by atoms with Crippen LogP contribution >= 0.6 is 0 Å². The van der Waals surface area contributed by atoms with E-state index >= 15 is 0 Å². The molecule has 1 N–H and O–H groups in total. The van der Waals surface area contributed by atoms with Crippen LogP contribution in [0.2, 0.25) is 0 Å². The van der Waals surface area contributed by atoms with Gasteiger partial charge in [-0.3, -0.25) is 0 Å². The van der Waals surface area contributed by atoms with Crippen molar-refractivity contribution in [3.8, 4) is 0 Å². The predicted molar refractivity (Wildman–Crippen MR) is 62.3 cm³/mol. The number of nitrogens with one attached hydrogen (secondary N) is 1. The van der Waals surface area contributed by atoms with Gasteiger partial charge < -0.3 is 10.1 Å². The molecule has 0 radical (unpaired) electrons. The molecule has 0 amide bonds. The van der Waals surface area contributed by atoms with E-state index < -0.39 is 11.8 Å². The van der Waals surface area contributed by atoms with Crippen LogP contribution in [0, 0.1) is 5.82 Å². The van der Waals surface area contributed by atoms with Crippen molar-refractivity contribution in [1.29, 1.82) is 0 Å². The maximum Gasteiger partial charge on any atom is 0.340 e. The lowest BCUT2D eigenvalue weighted by Crippen LogP contribution is -2.26. The maximum absolute atomic E-state index is 13.7.